The van der Waals surface area contributed by atoms with Crippen LogP contribution >= 0.6 is 0 Å². The lowest BCUT2D eigenvalue weighted by atomic mass is 9.98. The van der Waals surface area contributed by atoms with Gasteiger partial charge in [0, 0.05) is 11.1 Å². The van der Waals surface area contributed by atoms with E-state index in [0.717, 1.165) is 36.8 Å². The van der Waals surface area contributed by atoms with Crippen LogP contribution in [0.5, 0.6) is 5.88 Å². The number of fused-ring (bicyclic) bond motifs is 3. The molecule has 29 heavy (non-hydrogen) atoms. The van der Waals surface area contributed by atoms with Gasteiger partial charge in [-0.25, -0.2) is 4.98 Å². The summed E-state index contributed by atoms with van der Waals surface area (Å²) in [5, 5.41) is 0. The summed E-state index contributed by atoms with van der Waals surface area (Å²) < 4.78 is 31.2. The predicted molar refractivity (Wildman–Crippen MR) is 112 cm³/mol. The highest BCUT2D eigenvalue weighted by Crippen LogP contribution is 2.35. The SMILES string of the molecule is Cc1ccc(S(=O)(=O)Oc2nc(N)nc3c2CCCCCc2ccccc2-3)cc1. The lowest BCUT2D eigenvalue weighted by Crippen LogP contribution is -2.14. The van der Waals surface area contributed by atoms with Crippen LogP contribution in [-0.4, -0.2) is 18.4 Å². The third-order valence-corrected chi connectivity index (χ3v) is 6.36. The lowest BCUT2D eigenvalue weighted by Gasteiger charge is -2.15. The summed E-state index contributed by atoms with van der Waals surface area (Å²) in [6, 6.07) is 14.5. The van der Waals surface area contributed by atoms with Crippen LogP contribution in [-0.2, 0) is 23.0 Å². The van der Waals surface area contributed by atoms with Crippen molar-refractivity contribution < 1.29 is 12.6 Å². The summed E-state index contributed by atoms with van der Waals surface area (Å²) in [7, 11) is -4.03. The molecular weight excluding hydrogens is 386 g/mol. The van der Waals surface area contributed by atoms with E-state index in [1.54, 1.807) is 12.1 Å². The molecule has 150 valence electrons. The van der Waals surface area contributed by atoms with Crippen molar-refractivity contribution in [2.75, 3.05) is 5.73 Å². The standard InChI is InChI=1S/C22H23N3O3S/c1-15-11-13-17(14-12-15)29(26,27)28-21-19-10-4-2-3-7-16-8-5-6-9-18(16)20(19)24-22(23)25-21/h5-6,8-9,11-14H,2-4,7,10H2,1H3,(H2,23,24,25). The Bertz CT molecular complexity index is 1140. The maximum absolute atomic E-state index is 12.9. The van der Waals surface area contributed by atoms with E-state index < -0.39 is 10.1 Å². The average molecular weight is 410 g/mol. The van der Waals surface area contributed by atoms with Gasteiger partial charge in [0.25, 0.3) is 0 Å². The van der Waals surface area contributed by atoms with Crippen LogP contribution in [0.4, 0.5) is 5.95 Å². The number of nitrogens with zero attached hydrogens (tertiary/aromatic N) is 2. The van der Waals surface area contributed by atoms with Crippen LogP contribution in [0.3, 0.4) is 0 Å². The first-order valence-corrected chi connectivity index (χ1v) is 11.1. The number of nitrogens with two attached hydrogens (primary N) is 1. The third-order valence-electron chi connectivity index (χ3n) is 5.13. The van der Waals surface area contributed by atoms with Gasteiger partial charge in [-0.2, -0.15) is 13.4 Å². The first-order valence-electron chi connectivity index (χ1n) is 9.70. The minimum Gasteiger partial charge on any atom is -0.368 e. The predicted octanol–water partition coefficient (Wildman–Crippen LogP) is 4.07. The van der Waals surface area contributed by atoms with Crippen molar-refractivity contribution >= 4 is 16.1 Å². The molecule has 2 N–H and O–H groups in total. The lowest BCUT2D eigenvalue weighted by molar-refractivity contribution is 0.471. The molecule has 0 amide bonds. The molecule has 0 fully saturated rings. The molecule has 0 radical (unpaired) electrons. The fourth-order valence-corrected chi connectivity index (χ4v) is 4.53. The van der Waals surface area contributed by atoms with Crippen molar-refractivity contribution in [1.82, 2.24) is 9.97 Å². The number of aryl methyl sites for hydroxylation is 2. The summed E-state index contributed by atoms with van der Waals surface area (Å²) in [5.41, 5.74) is 10.4. The summed E-state index contributed by atoms with van der Waals surface area (Å²) in [6.45, 7) is 1.89. The Morgan fingerprint density at radius 2 is 1.66 bits per heavy atom. The van der Waals surface area contributed by atoms with Crippen LogP contribution in [0.25, 0.3) is 11.3 Å². The molecule has 0 bridgehead atoms. The molecular formula is C22H23N3O3S. The van der Waals surface area contributed by atoms with E-state index >= 15 is 0 Å². The monoisotopic (exact) mass is 409 g/mol. The van der Waals surface area contributed by atoms with Crippen molar-refractivity contribution in [3.63, 3.8) is 0 Å². The van der Waals surface area contributed by atoms with Crippen molar-refractivity contribution in [3.8, 4) is 17.1 Å². The van der Waals surface area contributed by atoms with E-state index in [9.17, 15) is 8.42 Å². The first kappa shape index (κ1) is 19.4. The molecule has 3 aromatic rings. The van der Waals surface area contributed by atoms with Crippen LogP contribution in [0.2, 0.25) is 0 Å². The smallest absolute Gasteiger partial charge is 0.340 e. The Morgan fingerprint density at radius 3 is 2.45 bits per heavy atom. The maximum Gasteiger partial charge on any atom is 0.340 e. The second kappa shape index (κ2) is 7.83. The van der Waals surface area contributed by atoms with Crippen LogP contribution in [0, 0.1) is 6.92 Å². The molecule has 7 heteroatoms. The molecule has 0 unspecified atom stereocenters. The zero-order chi connectivity index (χ0) is 20.4. The summed E-state index contributed by atoms with van der Waals surface area (Å²) >= 11 is 0. The molecule has 2 aromatic carbocycles. The van der Waals surface area contributed by atoms with Crippen molar-refractivity contribution in [3.05, 3.63) is 65.2 Å². The average Bonchev–Trinajstić information content (AvgIpc) is 2.77. The van der Waals surface area contributed by atoms with Gasteiger partial charge in [0.1, 0.15) is 4.90 Å². The van der Waals surface area contributed by atoms with E-state index in [-0.39, 0.29) is 16.7 Å². The molecule has 0 saturated heterocycles. The maximum atomic E-state index is 12.9. The number of anilines is 1. The van der Waals surface area contributed by atoms with Gasteiger partial charge >= 0.3 is 10.1 Å². The Hall–Kier alpha value is -2.93. The number of nitrogen functional groups attached to an aromatic ring is 1. The van der Waals surface area contributed by atoms with Crippen molar-refractivity contribution in [2.45, 2.75) is 43.9 Å². The van der Waals surface area contributed by atoms with Gasteiger partial charge in [-0.05, 0) is 50.3 Å². The van der Waals surface area contributed by atoms with Crippen LogP contribution in [0.15, 0.2) is 53.4 Å². The zero-order valence-corrected chi connectivity index (χ0v) is 17.1. The van der Waals surface area contributed by atoms with Gasteiger partial charge in [-0.15, -0.1) is 0 Å². The third kappa shape index (κ3) is 4.10. The first-order chi connectivity index (χ1) is 13.9. The van der Waals surface area contributed by atoms with Crippen molar-refractivity contribution in [1.29, 1.82) is 0 Å². The molecule has 0 atom stereocenters. The number of rotatable bonds is 3. The molecule has 0 spiro atoms. The summed E-state index contributed by atoms with van der Waals surface area (Å²) in [5.74, 6) is 0.0108. The van der Waals surface area contributed by atoms with Gasteiger partial charge in [-0.1, -0.05) is 48.4 Å². The highest BCUT2D eigenvalue weighted by Gasteiger charge is 2.24. The van der Waals surface area contributed by atoms with E-state index in [1.807, 2.05) is 25.1 Å². The van der Waals surface area contributed by atoms with E-state index in [0.29, 0.717) is 17.7 Å². The Labute approximate surface area is 170 Å². The van der Waals surface area contributed by atoms with Crippen molar-refractivity contribution in [2.24, 2.45) is 0 Å². The van der Waals surface area contributed by atoms with Crippen LogP contribution < -0.4 is 9.92 Å². The molecule has 1 heterocycles. The molecule has 6 nitrogen and oxygen atoms in total. The molecule has 1 aliphatic rings. The van der Waals surface area contributed by atoms with Gasteiger partial charge in [0.05, 0.1) is 5.69 Å². The Balaban J connectivity index is 1.83. The van der Waals surface area contributed by atoms with E-state index in [1.165, 1.54) is 17.7 Å². The van der Waals surface area contributed by atoms with Crippen LogP contribution in [0.1, 0.15) is 36.0 Å². The van der Waals surface area contributed by atoms with E-state index in [4.69, 9.17) is 9.92 Å². The fraction of sp³-hybridized carbons (Fsp3) is 0.273. The number of hydrogen-bond donors (Lipinski definition) is 1. The quantitative estimate of drug-likeness (QED) is 0.655. The minimum atomic E-state index is -4.03. The topological polar surface area (TPSA) is 95.2 Å². The molecule has 1 aliphatic carbocycles. The van der Waals surface area contributed by atoms with Gasteiger partial charge in [-0.3, -0.25) is 0 Å². The Morgan fingerprint density at radius 1 is 0.931 bits per heavy atom. The van der Waals surface area contributed by atoms with Gasteiger partial charge in [0.2, 0.25) is 11.8 Å². The normalized spacial score (nSPS) is 14.1. The molecule has 0 aliphatic heterocycles. The second-order valence-corrected chi connectivity index (χ2v) is 8.83. The number of hydrogen-bond acceptors (Lipinski definition) is 6. The molecule has 0 saturated carbocycles. The summed E-state index contributed by atoms with van der Waals surface area (Å²) in [4.78, 5) is 8.70. The fourth-order valence-electron chi connectivity index (χ4n) is 3.62. The number of benzene rings is 2. The summed E-state index contributed by atoms with van der Waals surface area (Å²) in [6.07, 6.45) is 4.56. The van der Waals surface area contributed by atoms with Gasteiger partial charge in [0.15, 0.2) is 0 Å². The largest absolute Gasteiger partial charge is 0.368 e. The zero-order valence-electron chi connectivity index (χ0n) is 16.3. The van der Waals surface area contributed by atoms with Gasteiger partial charge < -0.3 is 9.92 Å². The molecule has 4 rings (SSSR count). The highest BCUT2D eigenvalue weighted by molar-refractivity contribution is 7.87. The number of aromatic nitrogens is 2. The highest BCUT2D eigenvalue weighted by atomic mass is 32.2. The molecule has 1 aromatic heterocycles. The van der Waals surface area contributed by atoms with E-state index in [2.05, 4.69) is 16.0 Å². The second-order valence-electron chi connectivity index (χ2n) is 7.28. The minimum absolute atomic E-state index is 0.00749. The Kier molecular flexibility index (Phi) is 5.24.